The molecule has 2 aromatic carbocycles. The molecule has 0 aliphatic heterocycles. The Morgan fingerprint density at radius 2 is 1.74 bits per heavy atom. The highest BCUT2D eigenvalue weighted by molar-refractivity contribution is 9.10. The van der Waals surface area contributed by atoms with Gasteiger partial charge < -0.3 is 25.0 Å². The van der Waals surface area contributed by atoms with Crippen LogP contribution < -0.4 is 20.1 Å². The molecule has 2 N–H and O–H groups in total. The summed E-state index contributed by atoms with van der Waals surface area (Å²) < 4.78 is 12.0. The van der Waals surface area contributed by atoms with Gasteiger partial charge in [0.25, 0.3) is 0 Å². The van der Waals surface area contributed by atoms with Gasteiger partial charge in [0.1, 0.15) is 23.9 Å². The van der Waals surface area contributed by atoms with Crippen LogP contribution in [0.2, 0.25) is 0 Å². The molecular formula is C23H28BrN5O2. The fourth-order valence-corrected chi connectivity index (χ4v) is 3.28. The highest BCUT2D eigenvalue weighted by atomic mass is 79.9. The van der Waals surface area contributed by atoms with Gasteiger partial charge in [-0.15, -0.1) is 0 Å². The maximum atomic E-state index is 5.84. The maximum Gasteiger partial charge on any atom is 0.229 e. The van der Waals surface area contributed by atoms with E-state index < -0.39 is 0 Å². The highest BCUT2D eigenvalue weighted by Crippen LogP contribution is 2.30. The lowest BCUT2D eigenvalue weighted by Crippen LogP contribution is -2.27. The first-order valence-electron chi connectivity index (χ1n) is 10.3. The first-order valence-corrected chi connectivity index (χ1v) is 11.1. The topological polar surface area (TPSA) is 71.5 Å². The summed E-state index contributed by atoms with van der Waals surface area (Å²) in [6, 6.07) is 15.5. The van der Waals surface area contributed by atoms with Crippen LogP contribution >= 0.6 is 15.9 Å². The Morgan fingerprint density at radius 3 is 2.45 bits per heavy atom. The molecule has 0 radical (unpaired) electrons. The standard InChI is InChI=1S/C23H28BrN5O2/c1-4-29(5-2)14-15-31-18-12-10-17(11-13-18)26-23-25-16-19(24)22(28-23)27-20-8-6-7-9-21(20)30-3/h6-13,16H,4-5,14-15H2,1-3H3,(H2,25,26,27,28). The number of methoxy groups -OCH3 is 1. The van der Waals surface area contributed by atoms with Crippen LogP contribution in [0.4, 0.5) is 23.1 Å². The molecule has 0 spiro atoms. The van der Waals surface area contributed by atoms with Gasteiger partial charge in [-0.2, -0.15) is 4.98 Å². The summed E-state index contributed by atoms with van der Waals surface area (Å²) in [6.45, 7) is 7.97. The van der Waals surface area contributed by atoms with E-state index in [9.17, 15) is 0 Å². The molecule has 1 heterocycles. The molecule has 0 saturated carbocycles. The van der Waals surface area contributed by atoms with Crippen LogP contribution in [0.15, 0.2) is 59.2 Å². The van der Waals surface area contributed by atoms with Crippen LogP contribution in [0.1, 0.15) is 13.8 Å². The SMILES string of the molecule is CCN(CC)CCOc1ccc(Nc2ncc(Br)c(Nc3ccccc3OC)n2)cc1. The average Bonchev–Trinajstić information content (AvgIpc) is 2.80. The number of aromatic nitrogens is 2. The van der Waals surface area contributed by atoms with E-state index in [1.165, 1.54) is 0 Å². The number of rotatable bonds is 11. The van der Waals surface area contributed by atoms with Crippen LogP contribution in [0.3, 0.4) is 0 Å². The largest absolute Gasteiger partial charge is 0.495 e. The first kappa shape index (κ1) is 22.8. The Morgan fingerprint density at radius 1 is 1.00 bits per heavy atom. The zero-order chi connectivity index (χ0) is 22.1. The first-order chi connectivity index (χ1) is 15.1. The fourth-order valence-electron chi connectivity index (χ4n) is 2.99. The molecule has 7 nitrogen and oxygen atoms in total. The summed E-state index contributed by atoms with van der Waals surface area (Å²) in [5.74, 6) is 2.70. The molecule has 0 atom stereocenters. The summed E-state index contributed by atoms with van der Waals surface area (Å²) in [6.07, 6.45) is 1.71. The van der Waals surface area contributed by atoms with Crippen LogP contribution in [0, 0.1) is 0 Å². The van der Waals surface area contributed by atoms with Crippen molar-refractivity contribution in [2.75, 3.05) is 44.0 Å². The summed E-state index contributed by atoms with van der Waals surface area (Å²) >= 11 is 3.50. The van der Waals surface area contributed by atoms with Gasteiger partial charge in [-0.3, -0.25) is 0 Å². The minimum absolute atomic E-state index is 0.482. The van der Waals surface area contributed by atoms with Gasteiger partial charge in [0.2, 0.25) is 5.95 Å². The van der Waals surface area contributed by atoms with Gasteiger partial charge in [-0.05, 0) is 65.4 Å². The fraction of sp³-hybridized carbons (Fsp3) is 0.304. The van der Waals surface area contributed by atoms with Crippen molar-refractivity contribution in [2.45, 2.75) is 13.8 Å². The monoisotopic (exact) mass is 485 g/mol. The molecule has 3 rings (SSSR count). The number of hydrogen-bond acceptors (Lipinski definition) is 7. The predicted octanol–water partition coefficient (Wildman–Crippen LogP) is 5.46. The van der Waals surface area contributed by atoms with E-state index in [1.807, 2.05) is 48.5 Å². The van der Waals surface area contributed by atoms with E-state index in [4.69, 9.17) is 9.47 Å². The van der Waals surface area contributed by atoms with Crippen LogP contribution in [0.25, 0.3) is 0 Å². The van der Waals surface area contributed by atoms with Gasteiger partial charge >= 0.3 is 0 Å². The maximum absolute atomic E-state index is 5.84. The number of anilines is 4. The Kier molecular flexibility index (Phi) is 8.49. The molecule has 0 aliphatic rings. The van der Waals surface area contributed by atoms with Crippen molar-refractivity contribution in [1.82, 2.24) is 14.9 Å². The molecule has 0 saturated heterocycles. The molecule has 0 unspecified atom stereocenters. The van der Waals surface area contributed by atoms with Gasteiger partial charge in [0.05, 0.1) is 17.3 Å². The zero-order valence-corrected chi connectivity index (χ0v) is 19.6. The number of ether oxygens (including phenoxy) is 2. The smallest absolute Gasteiger partial charge is 0.229 e. The molecule has 0 fully saturated rings. The number of likely N-dealkylation sites (N-methyl/N-ethyl adjacent to an activating group) is 1. The van der Waals surface area contributed by atoms with Crippen molar-refractivity contribution in [2.24, 2.45) is 0 Å². The van der Waals surface area contributed by atoms with Crippen molar-refractivity contribution < 1.29 is 9.47 Å². The van der Waals surface area contributed by atoms with Gasteiger partial charge in [-0.25, -0.2) is 4.98 Å². The summed E-state index contributed by atoms with van der Waals surface area (Å²) in [4.78, 5) is 11.3. The number of nitrogens with one attached hydrogen (secondary N) is 2. The molecule has 8 heteroatoms. The van der Waals surface area contributed by atoms with E-state index in [0.29, 0.717) is 18.4 Å². The Hall–Kier alpha value is -2.84. The molecule has 0 bridgehead atoms. The number of para-hydroxylation sites is 2. The summed E-state index contributed by atoms with van der Waals surface area (Å²) in [5.41, 5.74) is 1.70. The van der Waals surface area contributed by atoms with E-state index in [2.05, 4.69) is 55.3 Å². The lowest BCUT2D eigenvalue weighted by molar-refractivity contribution is 0.223. The van der Waals surface area contributed by atoms with Crippen LogP contribution in [-0.4, -0.2) is 48.2 Å². The Balaban J connectivity index is 1.63. The minimum Gasteiger partial charge on any atom is -0.495 e. The lowest BCUT2D eigenvalue weighted by Gasteiger charge is -2.18. The zero-order valence-electron chi connectivity index (χ0n) is 18.1. The normalized spacial score (nSPS) is 10.7. The van der Waals surface area contributed by atoms with Crippen molar-refractivity contribution in [1.29, 1.82) is 0 Å². The third-order valence-corrected chi connectivity index (χ3v) is 5.37. The quantitative estimate of drug-likeness (QED) is 0.373. The summed E-state index contributed by atoms with van der Waals surface area (Å²) in [7, 11) is 1.64. The van der Waals surface area contributed by atoms with Crippen molar-refractivity contribution in [3.05, 3.63) is 59.2 Å². The van der Waals surface area contributed by atoms with Crippen molar-refractivity contribution in [3.63, 3.8) is 0 Å². The third kappa shape index (κ3) is 6.57. The number of hydrogen-bond donors (Lipinski definition) is 2. The Labute approximate surface area is 191 Å². The molecule has 0 amide bonds. The van der Waals surface area contributed by atoms with Crippen LogP contribution in [0.5, 0.6) is 11.5 Å². The molecule has 0 aliphatic carbocycles. The predicted molar refractivity (Wildman–Crippen MR) is 129 cm³/mol. The molecule has 1 aromatic heterocycles. The lowest BCUT2D eigenvalue weighted by atomic mass is 10.3. The number of nitrogens with zero attached hydrogens (tertiary/aromatic N) is 3. The van der Waals surface area contributed by atoms with E-state index in [0.717, 1.165) is 47.0 Å². The van der Waals surface area contributed by atoms with Gasteiger partial charge in [0, 0.05) is 18.4 Å². The molecular weight excluding hydrogens is 458 g/mol. The average molecular weight is 486 g/mol. The molecule has 3 aromatic rings. The highest BCUT2D eigenvalue weighted by Gasteiger charge is 2.09. The molecule has 164 valence electrons. The minimum atomic E-state index is 0.482. The second kappa shape index (κ2) is 11.5. The Bertz CT molecular complexity index is 964. The van der Waals surface area contributed by atoms with Crippen molar-refractivity contribution >= 4 is 39.1 Å². The second-order valence-corrected chi connectivity index (χ2v) is 7.59. The van der Waals surface area contributed by atoms with E-state index in [1.54, 1.807) is 13.3 Å². The van der Waals surface area contributed by atoms with Gasteiger partial charge in [0.15, 0.2) is 0 Å². The number of benzene rings is 2. The second-order valence-electron chi connectivity index (χ2n) is 6.74. The molecule has 31 heavy (non-hydrogen) atoms. The van der Waals surface area contributed by atoms with Crippen LogP contribution in [-0.2, 0) is 0 Å². The number of halogens is 1. The van der Waals surface area contributed by atoms with Crippen molar-refractivity contribution in [3.8, 4) is 11.5 Å². The van der Waals surface area contributed by atoms with Gasteiger partial charge in [-0.1, -0.05) is 26.0 Å². The summed E-state index contributed by atoms with van der Waals surface area (Å²) in [5, 5.41) is 6.51. The third-order valence-electron chi connectivity index (χ3n) is 4.79. The van der Waals surface area contributed by atoms with E-state index in [-0.39, 0.29) is 0 Å². The van der Waals surface area contributed by atoms with E-state index >= 15 is 0 Å².